The van der Waals surface area contributed by atoms with E-state index in [0.717, 1.165) is 38.5 Å². The highest BCUT2D eigenvalue weighted by Gasteiger charge is 2.38. The zero-order valence-corrected chi connectivity index (χ0v) is 16.4. The van der Waals surface area contributed by atoms with Crippen LogP contribution in [0.4, 0.5) is 5.69 Å². The van der Waals surface area contributed by atoms with Crippen LogP contribution in [0, 0.1) is 0 Å². The molecule has 0 spiro atoms. The Labute approximate surface area is 173 Å². The standard InChI is InChI=1S/C26H17NOS/c28-25-20-10-4-3-9-19(20)24-23(25)26(29-22-12-6-5-11-21(22)27-24)18-14-13-16-7-1-2-8-17(16)15-18/h1-15,26-27H. The number of Topliss-reactive ketones (excluding diaryl/α,β-unsaturated/α-hetero) is 1. The highest BCUT2D eigenvalue weighted by molar-refractivity contribution is 8.00. The van der Waals surface area contributed by atoms with Crippen LogP contribution in [0.3, 0.4) is 0 Å². The number of hydrogen-bond acceptors (Lipinski definition) is 3. The summed E-state index contributed by atoms with van der Waals surface area (Å²) in [5.74, 6) is 0.126. The Kier molecular flexibility index (Phi) is 3.65. The van der Waals surface area contributed by atoms with Crippen LogP contribution in [-0.2, 0) is 0 Å². The van der Waals surface area contributed by atoms with Crippen LogP contribution >= 0.6 is 11.8 Å². The maximum atomic E-state index is 13.5. The van der Waals surface area contributed by atoms with Crippen molar-refractivity contribution in [2.24, 2.45) is 0 Å². The van der Waals surface area contributed by atoms with E-state index in [4.69, 9.17) is 0 Å². The van der Waals surface area contributed by atoms with E-state index in [1.54, 1.807) is 11.8 Å². The average molecular weight is 391 g/mol. The van der Waals surface area contributed by atoms with Crippen molar-refractivity contribution in [3.63, 3.8) is 0 Å². The van der Waals surface area contributed by atoms with Gasteiger partial charge < -0.3 is 5.32 Å². The first-order chi connectivity index (χ1) is 14.3. The highest BCUT2D eigenvalue weighted by atomic mass is 32.2. The van der Waals surface area contributed by atoms with Gasteiger partial charge in [-0.1, -0.05) is 72.8 Å². The number of carbonyl (C=O) groups excluding carboxylic acids is 1. The van der Waals surface area contributed by atoms with Crippen LogP contribution in [0.2, 0.25) is 0 Å². The van der Waals surface area contributed by atoms with Gasteiger partial charge in [0, 0.05) is 21.6 Å². The quantitative estimate of drug-likeness (QED) is 0.391. The number of ketones is 1. The summed E-state index contributed by atoms with van der Waals surface area (Å²) in [4.78, 5) is 14.6. The van der Waals surface area contributed by atoms with Gasteiger partial charge >= 0.3 is 0 Å². The van der Waals surface area contributed by atoms with Crippen molar-refractivity contribution in [3.05, 3.63) is 113 Å². The molecule has 1 atom stereocenters. The Hall–Kier alpha value is -3.30. The van der Waals surface area contributed by atoms with Gasteiger partial charge in [-0.25, -0.2) is 0 Å². The summed E-state index contributed by atoms with van der Waals surface area (Å²) in [6.45, 7) is 0. The lowest BCUT2D eigenvalue weighted by atomic mass is 9.98. The fourth-order valence-electron chi connectivity index (χ4n) is 4.29. The van der Waals surface area contributed by atoms with Gasteiger partial charge in [0.15, 0.2) is 5.78 Å². The topological polar surface area (TPSA) is 29.1 Å². The predicted octanol–water partition coefficient (Wildman–Crippen LogP) is 6.71. The van der Waals surface area contributed by atoms with Crippen molar-refractivity contribution in [1.29, 1.82) is 0 Å². The third-order valence-corrected chi connectivity index (χ3v) is 7.04. The zero-order valence-electron chi connectivity index (χ0n) is 15.6. The van der Waals surface area contributed by atoms with Crippen molar-refractivity contribution in [2.75, 3.05) is 5.32 Å². The van der Waals surface area contributed by atoms with Crippen molar-refractivity contribution >= 4 is 39.7 Å². The summed E-state index contributed by atoms with van der Waals surface area (Å²) in [7, 11) is 0. The number of carbonyl (C=O) groups is 1. The first-order valence-electron chi connectivity index (χ1n) is 9.69. The Morgan fingerprint density at radius 3 is 2.34 bits per heavy atom. The maximum absolute atomic E-state index is 13.5. The molecule has 1 N–H and O–H groups in total. The third kappa shape index (κ3) is 2.55. The van der Waals surface area contributed by atoms with Gasteiger partial charge in [0.05, 0.1) is 16.6 Å². The molecule has 3 heteroatoms. The lowest BCUT2D eigenvalue weighted by Crippen LogP contribution is -2.07. The maximum Gasteiger partial charge on any atom is 0.193 e. The van der Waals surface area contributed by atoms with Gasteiger partial charge in [0.25, 0.3) is 0 Å². The monoisotopic (exact) mass is 391 g/mol. The van der Waals surface area contributed by atoms with Crippen LogP contribution < -0.4 is 5.32 Å². The van der Waals surface area contributed by atoms with E-state index in [-0.39, 0.29) is 11.0 Å². The molecular formula is C26H17NOS. The third-order valence-electron chi connectivity index (χ3n) is 5.68. The normalized spacial score (nSPS) is 17.4. The fourth-order valence-corrected chi connectivity index (χ4v) is 5.57. The molecule has 1 unspecified atom stereocenters. The predicted molar refractivity (Wildman–Crippen MR) is 120 cm³/mol. The number of hydrogen-bond donors (Lipinski definition) is 1. The second-order valence-corrected chi connectivity index (χ2v) is 8.54. The molecule has 4 aromatic carbocycles. The molecular weight excluding hydrogens is 374 g/mol. The summed E-state index contributed by atoms with van der Waals surface area (Å²) in [6.07, 6.45) is 0. The van der Waals surface area contributed by atoms with Crippen molar-refractivity contribution in [2.45, 2.75) is 10.1 Å². The van der Waals surface area contributed by atoms with Crippen molar-refractivity contribution in [3.8, 4) is 0 Å². The molecule has 2 aliphatic rings. The van der Waals surface area contributed by atoms with Crippen LogP contribution in [0.1, 0.15) is 26.7 Å². The molecule has 29 heavy (non-hydrogen) atoms. The van der Waals surface area contributed by atoms with Gasteiger partial charge in [-0.2, -0.15) is 0 Å². The zero-order chi connectivity index (χ0) is 19.4. The molecule has 0 fully saturated rings. The van der Waals surface area contributed by atoms with E-state index in [1.165, 1.54) is 10.8 Å². The number of para-hydroxylation sites is 1. The van der Waals surface area contributed by atoms with Crippen LogP contribution in [0.25, 0.3) is 16.5 Å². The average Bonchev–Trinajstić information content (AvgIpc) is 2.94. The lowest BCUT2D eigenvalue weighted by Gasteiger charge is -2.18. The van der Waals surface area contributed by atoms with Gasteiger partial charge in [-0.3, -0.25) is 4.79 Å². The minimum Gasteiger partial charge on any atom is -0.354 e. The van der Waals surface area contributed by atoms with Crippen molar-refractivity contribution < 1.29 is 4.79 Å². The van der Waals surface area contributed by atoms with E-state index in [1.807, 2.05) is 30.3 Å². The highest BCUT2D eigenvalue weighted by Crippen LogP contribution is 2.52. The van der Waals surface area contributed by atoms with Gasteiger partial charge in [0.1, 0.15) is 0 Å². The Morgan fingerprint density at radius 2 is 1.45 bits per heavy atom. The molecule has 0 aromatic heterocycles. The van der Waals surface area contributed by atoms with E-state index in [2.05, 4.69) is 66.0 Å². The van der Waals surface area contributed by atoms with E-state index >= 15 is 0 Å². The molecule has 1 heterocycles. The largest absolute Gasteiger partial charge is 0.354 e. The number of anilines is 1. The van der Waals surface area contributed by atoms with Crippen LogP contribution in [0.15, 0.2) is 101 Å². The molecule has 4 aromatic rings. The Balaban J connectivity index is 1.60. The molecule has 0 amide bonds. The minimum atomic E-state index is -0.0642. The molecule has 6 rings (SSSR count). The molecule has 2 nitrogen and oxygen atoms in total. The molecule has 0 bridgehead atoms. The van der Waals surface area contributed by atoms with Crippen LogP contribution in [0.5, 0.6) is 0 Å². The minimum absolute atomic E-state index is 0.0642. The molecule has 138 valence electrons. The number of nitrogens with one attached hydrogen (secondary N) is 1. The van der Waals surface area contributed by atoms with Gasteiger partial charge in [0.2, 0.25) is 0 Å². The number of thioether (sulfide) groups is 1. The summed E-state index contributed by atoms with van der Waals surface area (Å²) in [5.41, 5.74) is 5.79. The molecule has 0 radical (unpaired) electrons. The Bertz CT molecular complexity index is 1340. The first-order valence-corrected chi connectivity index (χ1v) is 10.6. The first kappa shape index (κ1) is 16.6. The number of benzene rings is 4. The molecule has 0 saturated heterocycles. The van der Waals surface area contributed by atoms with Crippen molar-refractivity contribution in [1.82, 2.24) is 0 Å². The lowest BCUT2D eigenvalue weighted by molar-refractivity contribution is 0.103. The van der Waals surface area contributed by atoms with Gasteiger partial charge in [-0.05, 0) is 34.5 Å². The number of rotatable bonds is 1. The van der Waals surface area contributed by atoms with E-state index in [9.17, 15) is 4.79 Å². The summed E-state index contributed by atoms with van der Waals surface area (Å²) in [5, 5.41) is 5.93. The van der Waals surface area contributed by atoms with E-state index in [0.29, 0.717) is 0 Å². The number of fused-ring (bicyclic) bond motifs is 4. The van der Waals surface area contributed by atoms with Gasteiger partial charge in [-0.15, -0.1) is 11.8 Å². The van der Waals surface area contributed by atoms with Crippen LogP contribution in [-0.4, -0.2) is 5.78 Å². The SMILES string of the molecule is O=C1C2=C(Nc3ccccc3SC2c2ccc3ccccc3c2)c2ccccc21. The molecule has 1 aliphatic heterocycles. The summed E-state index contributed by atoms with van der Waals surface area (Å²) in [6, 6.07) is 31.1. The summed E-state index contributed by atoms with van der Waals surface area (Å²) < 4.78 is 0. The van der Waals surface area contributed by atoms with E-state index < -0.39 is 0 Å². The second-order valence-electron chi connectivity index (χ2n) is 7.39. The molecule has 0 saturated carbocycles. The fraction of sp³-hybridized carbons (Fsp3) is 0.0385. The summed E-state index contributed by atoms with van der Waals surface area (Å²) >= 11 is 1.75. The second kappa shape index (κ2) is 6.36. The Morgan fingerprint density at radius 1 is 0.724 bits per heavy atom. The smallest absolute Gasteiger partial charge is 0.193 e. The molecule has 1 aliphatic carbocycles.